The van der Waals surface area contributed by atoms with Gasteiger partial charge in [-0.25, -0.2) is 4.39 Å². The Labute approximate surface area is 209 Å². The van der Waals surface area contributed by atoms with Crippen molar-refractivity contribution in [3.05, 3.63) is 71.2 Å². The van der Waals surface area contributed by atoms with Crippen molar-refractivity contribution in [3.63, 3.8) is 0 Å². The number of carboxylic acid groups (broad SMARTS) is 1. The molecule has 0 bridgehead atoms. The van der Waals surface area contributed by atoms with Gasteiger partial charge in [-0.3, -0.25) is 14.4 Å². The molecule has 2 atom stereocenters. The summed E-state index contributed by atoms with van der Waals surface area (Å²) in [6.07, 6.45) is 3.06. The maximum absolute atomic E-state index is 14.1. The van der Waals surface area contributed by atoms with Crippen molar-refractivity contribution in [2.75, 3.05) is 6.54 Å². The molecule has 1 aliphatic carbocycles. The number of halogens is 1. The van der Waals surface area contributed by atoms with Crippen molar-refractivity contribution in [1.82, 2.24) is 15.2 Å². The van der Waals surface area contributed by atoms with Gasteiger partial charge in [0, 0.05) is 35.6 Å². The standard InChI is InChI=1S/C28H32FN3O4/c1-2-12-30-26(33)14-19(13-18-6-4-3-5-7-18)28(36)31-21-9-11-25-23(16-21)22-15-20(29)8-10-24(22)32(25)17-27(34)35/h3-8,10,15,19,21H,2,9,11-14,16-17H2,1H3,(H,30,33)(H,31,36)(H,34,35)/t19-,21-/m0/s1. The molecule has 8 heteroatoms. The van der Waals surface area contributed by atoms with Crippen molar-refractivity contribution in [3.8, 4) is 0 Å². The molecule has 4 rings (SSSR count). The van der Waals surface area contributed by atoms with Gasteiger partial charge in [0.15, 0.2) is 0 Å². The minimum atomic E-state index is -0.959. The highest BCUT2D eigenvalue weighted by Gasteiger charge is 2.30. The predicted octanol–water partition coefficient (Wildman–Crippen LogP) is 3.61. The van der Waals surface area contributed by atoms with Crippen LogP contribution in [0.25, 0.3) is 10.9 Å². The Morgan fingerprint density at radius 2 is 1.94 bits per heavy atom. The lowest BCUT2D eigenvalue weighted by molar-refractivity contribution is -0.137. The number of nitrogens with zero attached hydrogens (tertiary/aromatic N) is 1. The van der Waals surface area contributed by atoms with E-state index in [1.165, 1.54) is 12.1 Å². The van der Waals surface area contributed by atoms with Crippen LogP contribution in [-0.2, 0) is 40.2 Å². The molecule has 2 aromatic carbocycles. The molecule has 3 aromatic rings. The van der Waals surface area contributed by atoms with Gasteiger partial charge in [-0.15, -0.1) is 0 Å². The highest BCUT2D eigenvalue weighted by molar-refractivity contribution is 5.88. The third kappa shape index (κ3) is 5.93. The molecule has 0 fully saturated rings. The molecule has 190 valence electrons. The fourth-order valence-corrected chi connectivity index (χ4v) is 5.10. The molecule has 7 nitrogen and oxygen atoms in total. The van der Waals surface area contributed by atoms with E-state index in [1.54, 1.807) is 10.6 Å². The number of nitrogens with one attached hydrogen (secondary N) is 2. The molecule has 0 unspecified atom stereocenters. The fourth-order valence-electron chi connectivity index (χ4n) is 5.10. The van der Waals surface area contributed by atoms with Crippen LogP contribution in [0.15, 0.2) is 48.5 Å². The van der Waals surface area contributed by atoms with E-state index in [1.807, 2.05) is 37.3 Å². The average molecular weight is 494 g/mol. The van der Waals surface area contributed by atoms with E-state index in [0.717, 1.165) is 23.2 Å². The number of hydrogen-bond donors (Lipinski definition) is 3. The minimum Gasteiger partial charge on any atom is -0.480 e. The smallest absolute Gasteiger partial charge is 0.323 e. The second-order valence-electron chi connectivity index (χ2n) is 9.46. The Morgan fingerprint density at radius 1 is 1.17 bits per heavy atom. The van der Waals surface area contributed by atoms with Gasteiger partial charge in [0.2, 0.25) is 11.8 Å². The van der Waals surface area contributed by atoms with Crippen LogP contribution in [0.2, 0.25) is 0 Å². The molecule has 0 saturated carbocycles. The van der Waals surface area contributed by atoms with E-state index in [2.05, 4.69) is 10.6 Å². The zero-order chi connectivity index (χ0) is 25.7. The molecule has 36 heavy (non-hydrogen) atoms. The molecule has 1 aromatic heterocycles. The first kappa shape index (κ1) is 25.4. The van der Waals surface area contributed by atoms with E-state index in [0.29, 0.717) is 43.1 Å². The van der Waals surface area contributed by atoms with Crippen molar-refractivity contribution in [1.29, 1.82) is 0 Å². The summed E-state index contributed by atoms with van der Waals surface area (Å²) in [5.41, 5.74) is 3.43. The number of hydrogen-bond acceptors (Lipinski definition) is 3. The molecule has 1 aliphatic rings. The first-order valence-electron chi connectivity index (χ1n) is 12.5. The second-order valence-corrected chi connectivity index (χ2v) is 9.46. The molecule has 0 saturated heterocycles. The molecule has 0 aliphatic heterocycles. The summed E-state index contributed by atoms with van der Waals surface area (Å²) in [5, 5.41) is 16.1. The van der Waals surface area contributed by atoms with Crippen LogP contribution < -0.4 is 10.6 Å². The Kier molecular flexibility index (Phi) is 8.03. The summed E-state index contributed by atoms with van der Waals surface area (Å²) in [4.78, 5) is 37.3. The Balaban J connectivity index is 1.53. The van der Waals surface area contributed by atoms with Gasteiger partial charge in [-0.05, 0) is 61.4 Å². The zero-order valence-electron chi connectivity index (χ0n) is 20.4. The third-order valence-electron chi connectivity index (χ3n) is 6.77. The molecule has 0 radical (unpaired) electrons. The van der Waals surface area contributed by atoms with Crippen LogP contribution in [-0.4, -0.2) is 40.0 Å². The normalized spacial score (nSPS) is 15.8. The monoisotopic (exact) mass is 493 g/mol. The van der Waals surface area contributed by atoms with Crippen LogP contribution in [0, 0.1) is 11.7 Å². The van der Waals surface area contributed by atoms with Gasteiger partial charge in [0.25, 0.3) is 0 Å². The summed E-state index contributed by atoms with van der Waals surface area (Å²) >= 11 is 0. The molecular weight excluding hydrogens is 461 g/mol. The third-order valence-corrected chi connectivity index (χ3v) is 6.77. The van der Waals surface area contributed by atoms with Gasteiger partial charge in [0.1, 0.15) is 12.4 Å². The topological polar surface area (TPSA) is 100 Å². The van der Waals surface area contributed by atoms with Crippen LogP contribution in [0.5, 0.6) is 0 Å². The maximum atomic E-state index is 14.1. The molecule has 3 N–H and O–H groups in total. The summed E-state index contributed by atoms with van der Waals surface area (Å²) in [5.74, 6) is -2.19. The number of benzene rings is 2. The lowest BCUT2D eigenvalue weighted by Crippen LogP contribution is -2.44. The summed E-state index contributed by atoms with van der Waals surface area (Å²) in [7, 11) is 0. The first-order valence-corrected chi connectivity index (χ1v) is 12.5. The van der Waals surface area contributed by atoms with Crippen molar-refractivity contribution >= 4 is 28.7 Å². The van der Waals surface area contributed by atoms with Crippen molar-refractivity contribution < 1.29 is 23.9 Å². The highest BCUT2D eigenvalue weighted by Crippen LogP contribution is 2.33. The van der Waals surface area contributed by atoms with Gasteiger partial charge >= 0.3 is 5.97 Å². The summed E-state index contributed by atoms with van der Waals surface area (Å²) < 4.78 is 15.8. The minimum absolute atomic E-state index is 0.0990. The van der Waals surface area contributed by atoms with Crippen molar-refractivity contribution in [2.24, 2.45) is 5.92 Å². The number of rotatable bonds is 10. The zero-order valence-corrected chi connectivity index (χ0v) is 20.4. The van der Waals surface area contributed by atoms with E-state index in [4.69, 9.17) is 0 Å². The van der Waals surface area contributed by atoms with E-state index in [-0.39, 0.29) is 36.6 Å². The average Bonchev–Trinajstić information content (AvgIpc) is 3.14. The molecule has 2 amide bonds. The number of carboxylic acids is 1. The highest BCUT2D eigenvalue weighted by atomic mass is 19.1. The molecule has 0 spiro atoms. The number of amides is 2. The second kappa shape index (κ2) is 11.4. The SMILES string of the molecule is CCCNC(=O)C[C@H](Cc1ccccc1)C(=O)N[C@H]1CCc2c(c3cc(F)ccc3n2CC(=O)O)C1. The number of aromatic nitrogens is 1. The van der Waals surface area contributed by atoms with Crippen molar-refractivity contribution in [2.45, 2.75) is 58.0 Å². The maximum Gasteiger partial charge on any atom is 0.323 e. The molecule has 1 heterocycles. The largest absolute Gasteiger partial charge is 0.480 e. The fraction of sp³-hybridized carbons (Fsp3) is 0.393. The first-order chi connectivity index (χ1) is 17.4. The number of aliphatic carboxylic acids is 1. The van der Waals surface area contributed by atoms with Gasteiger partial charge in [-0.2, -0.15) is 0 Å². The predicted molar refractivity (Wildman–Crippen MR) is 135 cm³/mol. The molecular formula is C28H32FN3O4. The lowest BCUT2D eigenvalue weighted by atomic mass is 9.89. The summed E-state index contributed by atoms with van der Waals surface area (Å²) in [6.45, 7) is 2.35. The van der Waals surface area contributed by atoms with Gasteiger partial charge in [-0.1, -0.05) is 37.3 Å². The lowest BCUT2D eigenvalue weighted by Gasteiger charge is -2.27. The Morgan fingerprint density at radius 3 is 2.67 bits per heavy atom. The quantitative estimate of drug-likeness (QED) is 0.402. The Hall–Kier alpha value is -3.68. The van der Waals surface area contributed by atoms with Gasteiger partial charge < -0.3 is 20.3 Å². The van der Waals surface area contributed by atoms with Crippen LogP contribution in [0.4, 0.5) is 4.39 Å². The Bertz CT molecular complexity index is 1250. The van der Waals surface area contributed by atoms with E-state index < -0.39 is 11.9 Å². The summed E-state index contributed by atoms with van der Waals surface area (Å²) in [6, 6.07) is 13.8. The van der Waals surface area contributed by atoms with Crippen LogP contribution in [0.1, 0.15) is 43.0 Å². The van der Waals surface area contributed by atoms with Crippen LogP contribution in [0.3, 0.4) is 0 Å². The van der Waals surface area contributed by atoms with Gasteiger partial charge in [0.05, 0.1) is 5.92 Å². The number of carbonyl (C=O) groups excluding carboxylic acids is 2. The van der Waals surface area contributed by atoms with E-state index >= 15 is 0 Å². The van der Waals surface area contributed by atoms with E-state index in [9.17, 15) is 23.9 Å². The van der Waals surface area contributed by atoms with Crippen LogP contribution >= 0.6 is 0 Å². The number of carbonyl (C=O) groups is 3. The number of fused-ring (bicyclic) bond motifs is 3.